The van der Waals surface area contributed by atoms with Crippen LogP contribution in [0.25, 0.3) is 0 Å². The smallest absolute Gasteiger partial charge is 0.306 e. The van der Waals surface area contributed by atoms with E-state index < -0.39 is 0 Å². The van der Waals surface area contributed by atoms with Crippen molar-refractivity contribution >= 4 is 11.8 Å². The Balaban J connectivity index is 1.25. The zero-order valence-electron chi connectivity index (χ0n) is 23.4. The van der Waals surface area contributed by atoms with E-state index in [9.17, 15) is 4.79 Å². The van der Waals surface area contributed by atoms with Crippen molar-refractivity contribution in [1.29, 1.82) is 0 Å². The van der Waals surface area contributed by atoms with Gasteiger partial charge < -0.3 is 23.8 Å². The van der Waals surface area contributed by atoms with Gasteiger partial charge in [-0.05, 0) is 69.9 Å². The van der Waals surface area contributed by atoms with Crippen LogP contribution in [0.2, 0.25) is 0 Å². The van der Waals surface area contributed by atoms with Crippen molar-refractivity contribution < 1.29 is 23.7 Å². The second-order valence-electron chi connectivity index (χ2n) is 12.3. The zero-order chi connectivity index (χ0) is 26.4. The maximum atomic E-state index is 13.3. The zero-order valence-corrected chi connectivity index (χ0v) is 23.4. The van der Waals surface area contributed by atoms with Crippen LogP contribution in [-0.2, 0) is 23.7 Å². The normalized spacial score (nSPS) is 35.2. The average molecular weight is 513 g/mol. The lowest BCUT2D eigenvalue weighted by Gasteiger charge is -2.42. The molecule has 1 aromatic heterocycles. The van der Waals surface area contributed by atoms with Gasteiger partial charge >= 0.3 is 5.97 Å². The Hall–Kier alpha value is -1.96. The Bertz CT molecular complexity index is 996. The predicted octanol–water partition coefficient (Wildman–Crippen LogP) is 5.04. The summed E-state index contributed by atoms with van der Waals surface area (Å²) in [7, 11) is 1.72. The van der Waals surface area contributed by atoms with Crippen LogP contribution in [0.3, 0.4) is 0 Å². The van der Waals surface area contributed by atoms with E-state index in [-0.39, 0.29) is 47.3 Å². The third kappa shape index (κ3) is 5.32. The Morgan fingerprint density at radius 1 is 1.30 bits per heavy atom. The fourth-order valence-corrected chi connectivity index (χ4v) is 6.55. The van der Waals surface area contributed by atoms with Crippen molar-refractivity contribution in [1.82, 2.24) is 4.98 Å². The summed E-state index contributed by atoms with van der Waals surface area (Å²) in [6.07, 6.45) is 7.79. The van der Waals surface area contributed by atoms with Crippen LogP contribution in [0.15, 0.2) is 30.0 Å². The van der Waals surface area contributed by atoms with E-state index in [2.05, 4.69) is 62.7 Å². The molecule has 1 spiro atoms. The summed E-state index contributed by atoms with van der Waals surface area (Å²) in [5.41, 5.74) is 1.83. The van der Waals surface area contributed by atoms with Crippen molar-refractivity contribution in [3.05, 3.63) is 35.5 Å². The maximum absolute atomic E-state index is 13.3. The van der Waals surface area contributed by atoms with Gasteiger partial charge in [-0.2, -0.15) is 0 Å². The number of allylic oxidation sites excluding steroid dienone is 1. The summed E-state index contributed by atoms with van der Waals surface area (Å²) in [4.78, 5) is 20.3. The molecule has 37 heavy (non-hydrogen) atoms. The average Bonchev–Trinajstić information content (AvgIpc) is 3.73. The number of carbonyl (C=O) groups excluding carboxylic acids is 1. The Morgan fingerprint density at radius 3 is 2.59 bits per heavy atom. The highest BCUT2D eigenvalue weighted by molar-refractivity contribution is 5.71. The van der Waals surface area contributed by atoms with Crippen LogP contribution in [0, 0.1) is 11.8 Å². The molecule has 0 amide bonds. The van der Waals surface area contributed by atoms with Gasteiger partial charge in [0.2, 0.25) is 0 Å². The Morgan fingerprint density at radius 2 is 2.05 bits per heavy atom. The topological polar surface area (TPSA) is 76.7 Å². The fourth-order valence-electron chi connectivity index (χ4n) is 6.55. The molecule has 1 aromatic rings. The summed E-state index contributed by atoms with van der Waals surface area (Å²) in [5, 5.41) is 0. The summed E-state index contributed by atoms with van der Waals surface area (Å²) < 4.78 is 24.6. The van der Waals surface area contributed by atoms with Crippen LogP contribution in [0.4, 0.5) is 5.82 Å². The number of ether oxygens (including phenoxy) is 4. The molecule has 3 aliphatic heterocycles. The summed E-state index contributed by atoms with van der Waals surface area (Å²) >= 11 is 0. The van der Waals surface area contributed by atoms with E-state index in [1.807, 2.05) is 6.20 Å². The van der Waals surface area contributed by atoms with Crippen LogP contribution in [0.5, 0.6) is 0 Å². The number of epoxide rings is 2. The highest BCUT2D eigenvalue weighted by atomic mass is 16.6. The Kier molecular flexibility index (Phi) is 7.42. The fraction of sp³-hybridized carbons (Fsp3) is 0.733. The van der Waals surface area contributed by atoms with Gasteiger partial charge in [0, 0.05) is 26.4 Å². The first-order valence-corrected chi connectivity index (χ1v) is 14.0. The molecule has 204 valence electrons. The standard InChI is InChI=1S/C30H44N2O5/c1-19(2)8-10-24-29(5,37-24)28-27(34-6)23(12-13-30(28)18-35-30)36-26(33)16-22(20(3)4)21-9-11-25(31-17-21)32-14-7-15-32/h8-9,11,17,20,22-24,27-28H,7,10,12-16,18H2,1-6H3/t22-,23+,24+,27+,28+,29-,30-/m0/s1. The highest BCUT2D eigenvalue weighted by Gasteiger charge is 2.72. The molecule has 4 aliphatic rings. The van der Waals surface area contributed by atoms with E-state index in [1.54, 1.807) is 7.11 Å². The molecule has 7 atom stereocenters. The number of rotatable bonds is 10. The number of anilines is 1. The van der Waals surface area contributed by atoms with Crippen LogP contribution >= 0.6 is 0 Å². The molecule has 5 rings (SSSR count). The largest absolute Gasteiger partial charge is 0.460 e. The number of carbonyl (C=O) groups is 1. The van der Waals surface area contributed by atoms with Crippen molar-refractivity contribution in [2.75, 3.05) is 31.7 Å². The quantitative estimate of drug-likeness (QED) is 0.247. The molecule has 0 unspecified atom stereocenters. The highest BCUT2D eigenvalue weighted by Crippen LogP contribution is 2.59. The van der Waals surface area contributed by atoms with Crippen LogP contribution in [-0.4, -0.2) is 67.3 Å². The van der Waals surface area contributed by atoms with Crippen molar-refractivity contribution in [2.24, 2.45) is 11.8 Å². The van der Waals surface area contributed by atoms with E-state index in [0.717, 1.165) is 50.3 Å². The second-order valence-corrected chi connectivity index (χ2v) is 12.3. The lowest BCUT2D eigenvalue weighted by atomic mass is 9.68. The number of hydrogen-bond donors (Lipinski definition) is 0. The van der Waals surface area contributed by atoms with Crippen molar-refractivity contribution in [3.63, 3.8) is 0 Å². The first kappa shape index (κ1) is 26.6. The number of pyridine rings is 1. The van der Waals surface area contributed by atoms with Crippen molar-refractivity contribution in [2.45, 2.75) is 102 Å². The minimum Gasteiger partial charge on any atom is -0.460 e. The molecule has 0 bridgehead atoms. The number of nitrogens with zero attached hydrogens (tertiary/aromatic N) is 2. The first-order valence-electron chi connectivity index (χ1n) is 14.0. The summed E-state index contributed by atoms with van der Waals surface area (Å²) in [5.74, 6) is 1.23. The molecule has 4 heterocycles. The SMILES string of the molecule is CO[C@@H]1[C@H](OC(=O)C[C@H](c2ccc(N3CCC3)nc2)C(C)C)CC[C@]2(CO2)[C@H]1[C@@]1(C)O[C@@H]1CC=C(C)C. The van der Waals surface area contributed by atoms with E-state index in [4.69, 9.17) is 18.9 Å². The first-order chi connectivity index (χ1) is 17.7. The number of aromatic nitrogens is 1. The van der Waals surface area contributed by atoms with Gasteiger partial charge in [0.15, 0.2) is 0 Å². The minimum atomic E-state index is -0.335. The van der Waals surface area contributed by atoms with Crippen molar-refractivity contribution in [3.8, 4) is 0 Å². The third-order valence-electron chi connectivity index (χ3n) is 9.09. The third-order valence-corrected chi connectivity index (χ3v) is 9.09. The van der Waals surface area contributed by atoms with Crippen LogP contribution < -0.4 is 4.90 Å². The molecule has 3 saturated heterocycles. The molecule has 0 radical (unpaired) electrons. The second kappa shape index (κ2) is 10.3. The number of hydrogen-bond acceptors (Lipinski definition) is 7. The molecule has 0 N–H and O–H groups in total. The van der Waals surface area contributed by atoms with Crippen LogP contribution in [0.1, 0.15) is 78.2 Å². The molecule has 0 aromatic carbocycles. The van der Waals surface area contributed by atoms with Gasteiger partial charge in [-0.15, -0.1) is 0 Å². The monoisotopic (exact) mass is 512 g/mol. The molecular weight excluding hydrogens is 468 g/mol. The van der Waals surface area contributed by atoms with Gasteiger partial charge in [-0.1, -0.05) is 31.6 Å². The molecular formula is C30H44N2O5. The number of methoxy groups -OCH3 is 1. The number of esters is 1. The van der Waals surface area contributed by atoms with Gasteiger partial charge in [0.1, 0.15) is 29.2 Å². The van der Waals surface area contributed by atoms with Gasteiger partial charge in [0.05, 0.1) is 25.0 Å². The summed E-state index contributed by atoms with van der Waals surface area (Å²) in [6, 6.07) is 4.21. The molecule has 7 nitrogen and oxygen atoms in total. The van der Waals surface area contributed by atoms with E-state index in [1.165, 1.54) is 12.0 Å². The lowest BCUT2D eigenvalue weighted by molar-refractivity contribution is -0.172. The van der Waals surface area contributed by atoms with E-state index in [0.29, 0.717) is 12.3 Å². The minimum absolute atomic E-state index is 0.0336. The van der Waals surface area contributed by atoms with Gasteiger partial charge in [0.25, 0.3) is 0 Å². The predicted molar refractivity (Wildman–Crippen MR) is 143 cm³/mol. The molecule has 4 fully saturated rings. The molecule has 1 saturated carbocycles. The molecule has 7 heteroatoms. The molecule has 1 aliphatic carbocycles. The Labute approximate surface area is 221 Å². The van der Waals surface area contributed by atoms with Gasteiger partial charge in [-0.3, -0.25) is 4.79 Å². The lowest BCUT2D eigenvalue weighted by Crippen LogP contribution is -2.55. The maximum Gasteiger partial charge on any atom is 0.306 e. The van der Waals surface area contributed by atoms with Gasteiger partial charge in [-0.25, -0.2) is 4.98 Å². The van der Waals surface area contributed by atoms with E-state index >= 15 is 0 Å². The summed E-state index contributed by atoms with van der Waals surface area (Å²) in [6.45, 7) is 13.6.